The van der Waals surface area contributed by atoms with Crippen LogP contribution in [0.2, 0.25) is 0 Å². The molecule has 1 aliphatic heterocycles. The molecule has 0 aromatic heterocycles. The molecule has 1 saturated heterocycles. The highest BCUT2D eigenvalue weighted by Crippen LogP contribution is 2.21. The fraction of sp³-hybridized carbons (Fsp3) is 0.273. The van der Waals surface area contributed by atoms with E-state index in [0.717, 1.165) is 0 Å². The molecule has 1 heterocycles. The second kappa shape index (κ2) is 4.32. The van der Waals surface area contributed by atoms with Crippen LogP contribution in [0.4, 0.5) is 5.69 Å². The van der Waals surface area contributed by atoms with E-state index in [2.05, 4.69) is 5.32 Å². The molecule has 0 aliphatic carbocycles. The number of nitrogens with one attached hydrogen (secondary N) is 1. The number of hydrogen-bond acceptors (Lipinski definition) is 3. The average Bonchev–Trinajstić information content (AvgIpc) is 2.32. The summed E-state index contributed by atoms with van der Waals surface area (Å²) in [6.07, 6.45) is 0. The molecule has 1 fully saturated rings. The molecule has 5 nitrogen and oxygen atoms in total. The summed E-state index contributed by atoms with van der Waals surface area (Å²) in [5.41, 5.74) is 1.25. The van der Waals surface area contributed by atoms with Crippen molar-refractivity contribution in [3.63, 3.8) is 0 Å². The summed E-state index contributed by atoms with van der Waals surface area (Å²) < 4.78 is 0. The Bertz CT molecular complexity index is 431. The molecule has 2 N–H and O–H groups in total. The van der Waals surface area contributed by atoms with Gasteiger partial charge in [0, 0.05) is 11.3 Å². The third-order valence-corrected chi connectivity index (χ3v) is 2.49. The molecule has 2 amide bonds. The van der Waals surface area contributed by atoms with Crippen LogP contribution >= 0.6 is 0 Å². The fourth-order valence-electron chi connectivity index (χ4n) is 1.68. The van der Waals surface area contributed by atoms with Crippen molar-refractivity contribution < 1.29 is 14.7 Å². The van der Waals surface area contributed by atoms with Crippen molar-refractivity contribution in [1.29, 1.82) is 0 Å². The molecule has 1 aromatic carbocycles. The van der Waals surface area contributed by atoms with E-state index in [0.29, 0.717) is 11.3 Å². The lowest BCUT2D eigenvalue weighted by Gasteiger charge is -2.28. The van der Waals surface area contributed by atoms with Gasteiger partial charge in [-0.3, -0.25) is 9.59 Å². The number of piperazine rings is 1. The van der Waals surface area contributed by atoms with Crippen molar-refractivity contribution in [3.8, 4) is 0 Å². The average molecular weight is 220 g/mol. The van der Waals surface area contributed by atoms with Crippen molar-refractivity contribution >= 4 is 17.5 Å². The first-order valence-corrected chi connectivity index (χ1v) is 4.98. The molecule has 0 radical (unpaired) electrons. The van der Waals surface area contributed by atoms with Crippen LogP contribution in [0.3, 0.4) is 0 Å². The third-order valence-electron chi connectivity index (χ3n) is 2.49. The summed E-state index contributed by atoms with van der Waals surface area (Å²) >= 11 is 0. The normalized spacial score (nSPS) is 16.2. The minimum atomic E-state index is -0.188. The number of anilines is 1. The van der Waals surface area contributed by atoms with Crippen LogP contribution in [0, 0.1) is 0 Å². The molecule has 16 heavy (non-hydrogen) atoms. The van der Waals surface area contributed by atoms with Crippen molar-refractivity contribution in [3.05, 3.63) is 29.8 Å². The van der Waals surface area contributed by atoms with E-state index in [1.165, 1.54) is 4.90 Å². The van der Waals surface area contributed by atoms with Crippen molar-refractivity contribution in [2.24, 2.45) is 0 Å². The first kappa shape index (κ1) is 10.6. The van der Waals surface area contributed by atoms with Crippen LogP contribution < -0.4 is 10.2 Å². The number of aliphatic hydroxyl groups is 1. The van der Waals surface area contributed by atoms with E-state index in [-0.39, 0.29) is 31.5 Å². The Balaban J connectivity index is 2.34. The summed E-state index contributed by atoms with van der Waals surface area (Å²) in [5, 5.41) is 11.6. The molecule has 1 aliphatic rings. The molecule has 84 valence electrons. The minimum Gasteiger partial charge on any atom is -0.392 e. The van der Waals surface area contributed by atoms with Gasteiger partial charge in [-0.25, -0.2) is 0 Å². The Kier molecular flexibility index (Phi) is 2.87. The van der Waals surface area contributed by atoms with Gasteiger partial charge < -0.3 is 15.3 Å². The summed E-state index contributed by atoms with van der Waals surface area (Å²) in [7, 11) is 0. The predicted molar refractivity (Wildman–Crippen MR) is 57.7 cm³/mol. The second-order valence-electron chi connectivity index (χ2n) is 3.54. The Morgan fingerprint density at radius 3 is 2.81 bits per heavy atom. The van der Waals surface area contributed by atoms with Gasteiger partial charge in [-0.1, -0.05) is 18.2 Å². The summed E-state index contributed by atoms with van der Waals surface area (Å²) in [4.78, 5) is 24.3. The molecule has 5 heteroatoms. The Labute approximate surface area is 92.7 Å². The van der Waals surface area contributed by atoms with Crippen LogP contribution in [0.5, 0.6) is 0 Å². The number of hydrogen-bond donors (Lipinski definition) is 2. The summed E-state index contributed by atoms with van der Waals surface area (Å²) in [6.45, 7) is -0.129. The van der Waals surface area contributed by atoms with Gasteiger partial charge in [0.15, 0.2) is 0 Å². The van der Waals surface area contributed by atoms with Gasteiger partial charge in [0.25, 0.3) is 0 Å². The maximum absolute atomic E-state index is 11.6. The number of carbonyl (C=O) groups excluding carboxylic acids is 2. The van der Waals surface area contributed by atoms with Crippen LogP contribution in [-0.2, 0) is 16.2 Å². The molecule has 2 rings (SSSR count). The lowest BCUT2D eigenvalue weighted by molar-refractivity contribution is -0.128. The van der Waals surface area contributed by atoms with Crippen LogP contribution in [0.25, 0.3) is 0 Å². The Hall–Kier alpha value is -1.88. The lowest BCUT2D eigenvalue weighted by atomic mass is 10.1. The summed E-state index contributed by atoms with van der Waals surface area (Å²) in [5.74, 6) is -0.354. The van der Waals surface area contributed by atoms with E-state index in [1.54, 1.807) is 24.3 Å². The lowest BCUT2D eigenvalue weighted by Crippen LogP contribution is -2.52. The zero-order valence-electron chi connectivity index (χ0n) is 8.64. The van der Waals surface area contributed by atoms with Gasteiger partial charge >= 0.3 is 0 Å². The summed E-state index contributed by atoms with van der Waals surface area (Å²) in [6, 6.07) is 7.01. The molecular formula is C11H12N2O3. The van der Waals surface area contributed by atoms with Gasteiger partial charge in [-0.15, -0.1) is 0 Å². The number of para-hydroxylation sites is 1. The number of nitrogens with zero attached hydrogens (tertiary/aromatic N) is 1. The van der Waals surface area contributed by atoms with Crippen LogP contribution in [-0.4, -0.2) is 30.0 Å². The number of carbonyl (C=O) groups is 2. The van der Waals surface area contributed by atoms with Crippen LogP contribution in [0.1, 0.15) is 5.56 Å². The minimum absolute atomic E-state index is 0.00977. The number of amides is 2. The van der Waals surface area contributed by atoms with Crippen LogP contribution in [0.15, 0.2) is 24.3 Å². The smallest absolute Gasteiger partial charge is 0.246 e. The van der Waals surface area contributed by atoms with Crippen molar-refractivity contribution in [2.75, 3.05) is 18.0 Å². The standard InChI is InChI=1S/C11H12N2O3/c14-7-8-3-1-2-4-9(8)13-6-10(15)12-5-11(13)16/h1-4,14H,5-7H2,(H,12,15). The quantitative estimate of drug-likeness (QED) is 0.715. The SMILES string of the molecule is O=C1CN(c2ccccc2CO)C(=O)CN1. The first-order valence-electron chi connectivity index (χ1n) is 4.98. The van der Waals surface area contributed by atoms with E-state index < -0.39 is 0 Å². The third kappa shape index (κ3) is 1.90. The van der Waals surface area contributed by atoms with E-state index >= 15 is 0 Å². The maximum atomic E-state index is 11.6. The Morgan fingerprint density at radius 1 is 1.31 bits per heavy atom. The highest BCUT2D eigenvalue weighted by molar-refractivity contribution is 6.04. The largest absolute Gasteiger partial charge is 0.392 e. The van der Waals surface area contributed by atoms with Gasteiger partial charge in [0.05, 0.1) is 13.2 Å². The zero-order valence-corrected chi connectivity index (χ0v) is 8.64. The highest BCUT2D eigenvalue weighted by atomic mass is 16.3. The monoisotopic (exact) mass is 220 g/mol. The molecule has 1 aromatic rings. The molecule has 0 spiro atoms. The van der Waals surface area contributed by atoms with Gasteiger partial charge in [0.1, 0.15) is 6.54 Å². The number of benzene rings is 1. The highest BCUT2D eigenvalue weighted by Gasteiger charge is 2.25. The number of rotatable bonds is 2. The van der Waals surface area contributed by atoms with Crippen molar-refractivity contribution in [2.45, 2.75) is 6.61 Å². The molecule has 0 saturated carbocycles. The van der Waals surface area contributed by atoms with Gasteiger partial charge in [-0.05, 0) is 6.07 Å². The van der Waals surface area contributed by atoms with Gasteiger partial charge in [0.2, 0.25) is 11.8 Å². The zero-order chi connectivity index (χ0) is 11.5. The second-order valence-corrected chi connectivity index (χ2v) is 3.54. The van der Waals surface area contributed by atoms with E-state index in [1.807, 2.05) is 0 Å². The molecule has 0 bridgehead atoms. The number of aliphatic hydroxyl groups excluding tert-OH is 1. The Morgan fingerprint density at radius 2 is 2.06 bits per heavy atom. The van der Waals surface area contributed by atoms with E-state index in [9.17, 15) is 9.59 Å². The molecular weight excluding hydrogens is 208 g/mol. The van der Waals surface area contributed by atoms with Crippen molar-refractivity contribution in [1.82, 2.24) is 5.32 Å². The molecule has 0 unspecified atom stereocenters. The first-order chi connectivity index (χ1) is 7.72. The van der Waals surface area contributed by atoms with Gasteiger partial charge in [-0.2, -0.15) is 0 Å². The fourth-order valence-corrected chi connectivity index (χ4v) is 1.68. The maximum Gasteiger partial charge on any atom is 0.246 e. The topological polar surface area (TPSA) is 69.6 Å². The molecule has 0 atom stereocenters. The predicted octanol–water partition coefficient (Wildman–Crippen LogP) is -0.358. The van der Waals surface area contributed by atoms with E-state index in [4.69, 9.17) is 5.11 Å².